The zero-order chi connectivity index (χ0) is 8.97. The van der Waals surface area contributed by atoms with E-state index in [2.05, 4.69) is 18.0 Å². The molecular formula is C10H13NO. The van der Waals surface area contributed by atoms with E-state index in [-0.39, 0.29) is 5.56 Å². The number of hydrogen-bond acceptors (Lipinski definition) is 1. The van der Waals surface area contributed by atoms with Crippen molar-refractivity contribution in [3.63, 3.8) is 0 Å². The van der Waals surface area contributed by atoms with Crippen molar-refractivity contribution in [3.8, 4) is 0 Å². The average molecular weight is 163 g/mol. The quantitative estimate of drug-likeness (QED) is 0.663. The van der Waals surface area contributed by atoms with Crippen LogP contribution >= 0.6 is 0 Å². The lowest BCUT2D eigenvalue weighted by molar-refractivity contribution is 1.10. The van der Waals surface area contributed by atoms with E-state index in [4.69, 9.17) is 0 Å². The van der Waals surface area contributed by atoms with Gasteiger partial charge in [-0.1, -0.05) is 11.6 Å². The molecule has 0 aliphatic heterocycles. The van der Waals surface area contributed by atoms with Crippen molar-refractivity contribution >= 4 is 0 Å². The molecule has 0 saturated heterocycles. The minimum Gasteiger partial charge on any atom is -0.329 e. The fourth-order valence-electron chi connectivity index (χ4n) is 1.02. The van der Waals surface area contributed by atoms with Crippen molar-refractivity contribution in [2.45, 2.75) is 20.3 Å². The summed E-state index contributed by atoms with van der Waals surface area (Å²) in [6.45, 7) is 4.06. The van der Waals surface area contributed by atoms with Crippen LogP contribution in [0, 0.1) is 0 Å². The van der Waals surface area contributed by atoms with Crippen LogP contribution in [0.2, 0.25) is 0 Å². The van der Waals surface area contributed by atoms with E-state index in [9.17, 15) is 4.79 Å². The van der Waals surface area contributed by atoms with Gasteiger partial charge in [0.05, 0.1) is 0 Å². The van der Waals surface area contributed by atoms with Crippen LogP contribution < -0.4 is 5.56 Å². The standard InChI is InChI=1S/C10H13NO/c1-3-8(2)6-9-4-5-11-10(12)7-9/h3-5,7H,6H2,1-2H3,(H,11,12)/b8-3+. The summed E-state index contributed by atoms with van der Waals surface area (Å²) < 4.78 is 0. The highest BCUT2D eigenvalue weighted by Gasteiger charge is 1.93. The molecule has 2 nitrogen and oxygen atoms in total. The van der Waals surface area contributed by atoms with Crippen molar-refractivity contribution in [1.82, 2.24) is 4.98 Å². The molecule has 2 heteroatoms. The van der Waals surface area contributed by atoms with Gasteiger partial charge in [-0.2, -0.15) is 0 Å². The Morgan fingerprint density at radius 3 is 3.00 bits per heavy atom. The van der Waals surface area contributed by atoms with Gasteiger partial charge in [-0.3, -0.25) is 4.79 Å². The Bertz CT molecular complexity index is 336. The Morgan fingerprint density at radius 2 is 2.42 bits per heavy atom. The maximum Gasteiger partial charge on any atom is 0.248 e. The van der Waals surface area contributed by atoms with E-state index in [0.717, 1.165) is 12.0 Å². The lowest BCUT2D eigenvalue weighted by Crippen LogP contribution is -2.04. The molecular weight excluding hydrogens is 150 g/mol. The van der Waals surface area contributed by atoms with Crippen LogP contribution in [0.3, 0.4) is 0 Å². The molecule has 0 amide bonds. The number of aromatic amines is 1. The minimum atomic E-state index is -0.0311. The molecule has 0 saturated carbocycles. The van der Waals surface area contributed by atoms with Gasteiger partial charge in [0.25, 0.3) is 0 Å². The number of hydrogen-bond donors (Lipinski definition) is 1. The van der Waals surface area contributed by atoms with E-state index in [1.165, 1.54) is 5.57 Å². The summed E-state index contributed by atoms with van der Waals surface area (Å²) in [4.78, 5) is 13.5. The fourth-order valence-corrected chi connectivity index (χ4v) is 1.02. The molecule has 0 aliphatic rings. The van der Waals surface area contributed by atoms with E-state index >= 15 is 0 Å². The summed E-state index contributed by atoms with van der Waals surface area (Å²) >= 11 is 0. The third-order valence-electron chi connectivity index (χ3n) is 1.82. The molecule has 0 spiro atoms. The fraction of sp³-hybridized carbons (Fsp3) is 0.300. The van der Waals surface area contributed by atoms with Gasteiger partial charge >= 0.3 is 0 Å². The van der Waals surface area contributed by atoms with E-state index in [0.29, 0.717) is 0 Å². The Morgan fingerprint density at radius 1 is 1.67 bits per heavy atom. The molecule has 1 rings (SSSR count). The zero-order valence-corrected chi connectivity index (χ0v) is 7.42. The lowest BCUT2D eigenvalue weighted by Gasteiger charge is -1.98. The van der Waals surface area contributed by atoms with Gasteiger partial charge in [0.1, 0.15) is 0 Å². The number of H-pyrrole nitrogens is 1. The number of pyridine rings is 1. The summed E-state index contributed by atoms with van der Waals surface area (Å²) in [6, 6.07) is 3.56. The van der Waals surface area contributed by atoms with Gasteiger partial charge in [-0.05, 0) is 31.9 Å². The highest BCUT2D eigenvalue weighted by Crippen LogP contribution is 2.03. The summed E-state index contributed by atoms with van der Waals surface area (Å²) in [5.74, 6) is 0. The largest absolute Gasteiger partial charge is 0.329 e. The first-order valence-electron chi connectivity index (χ1n) is 4.02. The molecule has 1 aromatic heterocycles. The van der Waals surface area contributed by atoms with Gasteiger partial charge in [-0.25, -0.2) is 0 Å². The van der Waals surface area contributed by atoms with Crippen LogP contribution in [0.15, 0.2) is 34.8 Å². The summed E-state index contributed by atoms with van der Waals surface area (Å²) in [6.07, 6.45) is 4.60. The predicted molar refractivity (Wildman–Crippen MR) is 50.2 cm³/mol. The van der Waals surface area contributed by atoms with Crippen molar-refractivity contribution in [2.75, 3.05) is 0 Å². The maximum atomic E-state index is 10.9. The van der Waals surface area contributed by atoms with Gasteiger partial charge < -0.3 is 4.98 Å². The van der Waals surface area contributed by atoms with Gasteiger partial charge in [-0.15, -0.1) is 0 Å². The summed E-state index contributed by atoms with van der Waals surface area (Å²) in [5.41, 5.74) is 2.31. The minimum absolute atomic E-state index is 0.0311. The Kier molecular flexibility index (Phi) is 2.86. The molecule has 0 aromatic carbocycles. The summed E-state index contributed by atoms with van der Waals surface area (Å²) in [5, 5.41) is 0. The Labute approximate surface area is 71.9 Å². The van der Waals surface area contributed by atoms with E-state index in [1.807, 2.05) is 13.0 Å². The van der Waals surface area contributed by atoms with Gasteiger partial charge in [0.2, 0.25) is 5.56 Å². The number of rotatable bonds is 2. The van der Waals surface area contributed by atoms with Crippen LogP contribution in [-0.2, 0) is 6.42 Å². The normalized spacial score (nSPS) is 11.7. The average Bonchev–Trinajstić information content (AvgIpc) is 2.04. The zero-order valence-electron chi connectivity index (χ0n) is 7.42. The van der Waals surface area contributed by atoms with Gasteiger partial charge in [0.15, 0.2) is 0 Å². The second kappa shape index (κ2) is 3.90. The first-order valence-corrected chi connectivity index (χ1v) is 4.02. The van der Waals surface area contributed by atoms with Crippen LogP contribution in [-0.4, -0.2) is 4.98 Å². The second-order valence-corrected chi connectivity index (χ2v) is 2.87. The molecule has 0 unspecified atom stereocenters. The molecule has 1 heterocycles. The second-order valence-electron chi connectivity index (χ2n) is 2.87. The van der Waals surface area contributed by atoms with Crippen LogP contribution in [0.1, 0.15) is 19.4 Å². The molecule has 1 N–H and O–H groups in total. The SMILES string of the molecule is C/C=C(\C)Cc1cc[nH]c(=O)c1. The highest BCUT2D eigenvalue weighted by molar-refractivity contribution is 5.17. The van der Waals surface area contributed by atoms with Gasteiger partial charge in [0, 0.05) is 12.3 Å². The van der Waals surface area contributed by atoms with Crippen LogP contribution in [0.4, 0.5) is 0 Å². The third-order valence-corrected chi connectivity index (χ3v) is 1.82. The first-order chi connectivity index (χ1) is 5.72. The lowest BCUT2D eigenvalue weighted by atomic mass is 10.1. The molecule has 0 bridgehead atoms. The van der Waals surface area contributed by atoms with Crippen LogP contribution in [0.25, 0.3) is 0 Å². The smallest absolute Gasteiger partial charge is 0.248 e. The number of allylic oxidation sites excluding steroid dienone is 2. The monoisotopic (exact) mass is 163 g/mol. The molecule has 0 atom stereocenters. The Hall–Kier alpha value is -1.31. The van der Waals surface area contributed by atoms with E-state index < -0.39 is 0 Å². The summed E-state index contributed by atoms with van der Waals surface area (Å²) in [7, 11) is 0. The number of aromatic nitrogens is 1. The third kappa shape index (κ3) is 2.38. The molecule has 0 aliphatic carbocycles. The Balaban J connectivity index is 2.83. The maximum absolute atomic E-state index is 10.9. The van der Waals surface area contributed by atoms with E-state index in [1.54, 1.807) is 12.3 Å². The molecule has 64 valence electrons. The highest BCUT2D eigenvalue weighted by atomic mass is 16.1. The molecule has 0 fully saturated rings. The molecule has 0 radical (unpaired) electrons. The molecule has 12 heavy (non-hydrogen) atoms. The van der Waals surface area contributed by atoms with Crippen LogP contribution in [0.5, 0.6) is 0 Å². The van der Waals surface area contributed by atoms with Crippen molar-refractivity contribution < 1.29 is 0 Å². The van der Waals surface area contributed by atoms with Crippen molar-refractivity contribution in [3.05, 3.63) is 45.9 Å². The predicted octanol–water partition coefficient (Wildman–Crippen LogP) is 1.88. The van der Waals surface area contributed by atoms with Crippen molar-refractivity contribution in [1.29, 1.82) is 0 Å². The first kappa shape index (κ1) is 8.78. The van der Waals surface area contributed by atoms with Crippen molar-refractivity contribution in [2.24, 2.45) is 0 Å². The molecule has 1 aromatic rings. The topological polar surface area (TPSA) is 32.9 Å². The number of nitrogens with one attached hydrogen (secondary N) is 1.